The maximum Gasteiger partial charge on any atom is 0.244 e. The summed E-state index contributed by atoms with van der Waals surface area (Å²) in [7, 11) is 0. The van der Waals surface area contributed by atoms with Gasteiger partial charge in [-0.05, 0) is 39.2 Å². The third-order valence-corrected chi connectivity index (χ3v) is 3.31. The first kappa shape index (κ1) is 14.5. The molecule has 0 unspecified atom stereocenters. The van der Waals surface area contributed by atoms with Gasteiger partial charge in [-0.2, -0.15) is 5.26 Å². The Morgan fingerprint density at radius 3 is 2.67 bits per heavy atom. The van der Waals surface area contributed by atoms with Crippen molar-refractivity contribution in [1.82, 2.24) is 5.32 Å². The summed E-state index contributed by atoms with van der Waals surface area (Å²) >= 11 is 0. The topological polar surface area (TPSA) is 73.1 Å². The fourth-order valence-corrected chi connectivity index (χ4v) is 1.79. The molecule has 4 heteroatoms. The molecule has 0 radical (unpaired) electrons. The highest BCUT2D eigenvalue weighted by Gasteiger charge is 2.55. The number of nitrogens with one attached hydrogen (secondary N) is 1. The van der Waals surface area contributed by atoms with Gasteiger partial charge in [0.2, 0.25) is 5.91 Å². The maximum atomic E-state index is 11.3. The molecule has 0 saturated heterocycles. The van der Waals surface area contributed by atoms with E-state index in [0.29, 0.717) is 6.54 Å². The minimum Gasteiger partial charge on any atom is -0.384 e. The Balaban J connectivity index is 2.70. The number of allylic oxidation sites excluding steroid dienone is 2. The number of carbonyl (C=O) groups excluding carboxylic acids is 1. The lowest BCUT2D eigenvalue weighted by molar-refractivity contribution is -0.116. The molecule has 1 aliphatic rings. The lowest BCUT2D eigenvalue weighted by Crippen LogP contribution is -2.32. The van der Waals surface area contributed by atoms with Crippen molar-refractivity contribution in [2.75, 3.05) is 6.54 Å². The number of rotatable bonds is 5. The van der Waals surface area contributed by atoms with E-state index in [1.54, 1.807) is 26.0 Å². The molecule has 4 nitrogen and oxygen atoms in total. The average Bonchev–Trinajstić information content (AvgIpc) is 3.08. The number of hydrogen-bond donors (Lipinski definition) is 2. The van der Waals surface area contributed by atoms with Gasteiger partial charge in [-0.15, -0.1) is 0 Å². The van der Waals surface area contributed by atoms with Crippen molar-refractivity contribution in [3.8, 4) is 6.07 Å². The predicted molar refractivity (Wildman–Crippen MR) is 69.5 cm³/mol. The van der Waals surface area contributed by atoms with Crippen molar-refractivity contribution in [3.63, 3.8) is 0 Å². The van der Waals surface area contributed by atoms with Crippen LogP contribution in [-0.2, 0) is 4.79 Å². The Kier molecular flexibility index (Phi) is 4.31. The van der Waals surface area contributed by atoms with E-state index < -0.39 is 11.0 Å². The van der Waals surface area contributed by atoms with Gasteiger partial charge in [-0.3, -0.25) is 4.79 Å². The fourth-order valence-electron chi connectivity index (χ4n) is 1.79. The van der Waals surface area contributed by atoms with Gasteiger partial charge in [-0.25, -0.2) is 0 Å². The Morgan fingerprint density at radius 2 is 2.22 bits per heavy atom. The van der Waals surface area contributed by atoms with E-state index in [4.69, 9.17) is 5.26 Å². The second-order valence-electron chi connectivity index (χ2n) is 4.96. The monoisotopic (exact) mass is 248 g/mol. The second kappa shape index (κ2) is 5.36. The molecule has 0 aromatic heterocycles. The second-order valence-corrected chi connectivity index (χ2v) is 4.96. The predicted octanol–water partition coefficient (Wildman–Crippen LogP) is 1.68. The molecule has 1 saturated carbocycles. The molecular formula is C14H20N2O2. The zero-order valence-electron chi connectivity index (χ0n) is 11.2. The smallest absolute Gasteiger partial charge is 0.244 e. The largest absolute Gasteiger partial charge is 0.384 e. The molecule has 0 bridgehead atoms. The molecule has 0 aliphatic heterocycles. The molecule has 1 rings (SSSR count). The summed E-state index contributed by atoms with van der Waals surface area (Å²) in [6.45, 7) is 5.86. The molecule has 0 aromatic rings. The van der Waals surface area contributed by atoms with Gasteiger partial charge in [0.15, 0.2) is 0 Å². The van der Waals surface area contributed by atoms with E-state index in [1.807, 2.05) is 6.92 Å². The quantitative estimate of drug-likeness (QED) is 0.574. The van der Waals surface area contributed by atoms with Crippen LogP contribution in [0.15, 0.2) is 23.8 Å². The van der Waals surface area contributed by atoms with Crippen LogP contribution in [0, 0.1) is 16.7 Å². The van der Waals surface area contributed by atoms with Crippen molar-refractivity contribution in [2.45, 2.75) is 39.2 Å². The molecule has 0 heterocycles. The van der Waals surface area contributed by atoms with Crippen LogP contribution in [0.1, 0.15) is 33.6 Å². The summed E-state index contributed by atoms with van der Waals surface area (Å²) in [6, 6.07) is 2.18. The van der Waals surface area contributed by atoms with E-state index in [0.717, 1.165) is 18.4 Å². The Labute approximate surface area is 108 Å². The summed E-state index contributed by atoms with van der Waals surface area (Å²) in [5.74, 6) is -0.152. The zero-order valence-corrected chi connectivity index (χ0v) is 11.2. The molecular weight excluding hydrogens is 228 g/mol. The number of nitriles is 1. The van der Waals surface area contributed by atoms with Crippen molar-refractivity contribution < 1.29 is 9.90 Å². The first-order valence-electron chi connectivity index (χ1n) is 6.16. The molecule has 18 heavy (non-hydrogen) atoms. The van der Waals surface area contributed by atoms with Crippen molar-refractivity contribution in [3.05, 3.63) is 23.8 Å². The molecule has 0 aromatic carbocycles. The summed E-state index contributed by atoms with van der Waals surface area (Å²) in [6.07, 6.45) is 6.21. The Bertz CT molecular complexity index is 424. The van der Waals surface area contributed by atoms with Crippen LogP contribution < -0.4 is 5.32 Å². The summed E-state index contributed by atoms with van der Waals surface area (Å²) in [5, 5.41) is 22.0. The molecule has 1 aliphatic carbocycles. The van der Waals surface area contributed by atoms with Gasteiger partial charge in [0.05, 0.1) is 17.1 Å². The maximum absolute atomic E-state index is 11.3. The Morgan fingerprint density at radius 1 is 1.61 bits per heavy atom. The SMILES string of the molecule is CCNC(=O)/C=C(C)\C=C\[C@](C)(O)C1(C#N)CC1. The number of aliphatic hydroxyl groups is 1. The number of amides is 1. The van der Waals surface area contributed by atoms with Crippen molar-refractivity contribution in [2.24, 2.45) is 5.41 Å². The van der Waals surface area contributed by atoms with E-state index in [1.165, 1.54) is 6.08 Å². The van der Waals surface area contributed by atoms with E-state index in [2.05, 4.69) is 11.4 Å². The standard InChI is InChI=1S/C14H20N2O2/c1-4-16-12(17)9-11(2)5-6-13(3,18)14(10-15)7-8-14/h5-6,9,18H,4,7-8H2,1-3H3,(H,16,17)/b6-5+,11-9-/t13-/m0/s1. The van der Waals surface area contributed by atoms with E-state index in [-0.39, 0.29) is 5.91 Å². The number of carbonyl (C=O) groups is 1. The molecule has 98 valence electrons. The lowest BCUT2D eigenvalue weighted by Gasteiger charge is -2.24. The van der Waals surface area contributed by atoms with Gasteiger partial charge in [0.25, 0.3) is 0 Å². The van der Waals surface area contributed by atoms with Crippen LogP contribution in [0.4, 0.5) is 0 Å². The molecule has 1 amide bonds. The van der Waals surface area contributed by atoms with E-state index in [9.17, 15) is 9.90 Å². The fraction of sp³-hybridized carbons (Fsp3) is 0.571. The van der Waals surface area contributed by atoms with Gasteiger partial charge in [0.1, 0.15) is 0 Å². The highest BCUT2D eigenvalue weighted by atomic mass is 16.3. The minimum atomic E-state index is -1.14. The summed E-state index contributed by atoms with van der Waals surface area (Å²) < 4.78 is 0. The number of hydrogen-bond acceptors (Lipinski definition) is 3. The first-order valence-corrected chi connectivity index (χ1v) is 6.16. The molecule has 0 spiro atoms. The lowest BCUT2D eigenvalue weighted by atomic mass is 9.86. The molecule has 1 fully saturated rings. The van der Waals surface area contributed by atoms with E-state index >= 15 is 0 Å². The normalized spacial score (nSPS) is 21.2. The van der Waals surface area contributed by atoms with Crippen LogP contribution >= 0.6 is 0 Å². The third-order valence-electron chi connectivity index (χ3n) is 3.31. The van der Waals surface area contributed by atoms with Crippen molar-refractivity contribution >= 4 is 5.91 Å². The van der Waals surface area contributed by atoms with Crippen LogP contribution in [0.25, 0.3) is 0 Å². The van der Waals surface area contributed by atoms with Crippen molar-refractivity contribution in [1.29, 1.82) is 5.26 Å². The minimum absolute atomic E-state index is 0.152. The summed E-state index contributed by atoms with van der Waals surface area (Å²) in [5.41, 5.74) is -1.04. The van der Waals surface area contributed by atoms with Gasteiger partial charge in [-0.1, -0.05) is 12.2 Å². The average molecular weight is 248 g/mol. The van der Waals surface area contributed by atoms with Gasteiger partial charge >= 0.3 is 0 Å². The Hall–Kier alpha value is -1.60. The van der Waals surface area contributed by atoms with Gasteiger partial charge in [0, 0.05) is 12.6 Å². The van der Waals surface area contributed by atoms with Crippen LogP contribution in [-0.4, -0.2) is 23.2 Å². The first-order chi connectivity index (χ1) is 8.37. The van der Waals surface area contributed by atoms with Crippen LogP contribution in [0.2, 0.25) is 0 Å². The number of likely N-dealkylation sites (N-methyl/N-ethyl adjacent to an activating group) is 1. The molecule has 2 N–H and O–H groups in total. The van der Waals surface area contributed by atoms with Crippen LogP contribution in [0.3, 0.4) is 0 Å². The van der Waals surface area contributed by atoms with Gasteiger partial charge < -0.3 is 10.4 Å². The third kappa shape index (κ3) is 3.21. The van der Waals surface area contributed by atoms with Crippen LogP contribution in [0.5, 0.6) is 0 Å². The zero-order chi connectivity index (χ0) is 13.8. The highest BCUT2D eigenvalue weighted by molar-refractivity contribution is 5.88. The molecule has 1 atom stereocenters. The highest BCUT2D eigenvalue weighted by Crippen LogP contribution is 2.54. The summed E-state index contributed by atoms with van der Waals surface area (Å²) in [4.78, 5) is 11.3. The number of nitrogens with zero attached hydrogens (tertiary/aromatic N) is 1.